The molecule has 0 saturated carbocycles. The molecule has 1 unspecified atom stereocenters. The summed E-state index contributed by atoms with van der Waals surface area (Å²) in [5.41, 5.74) is 7.54. The van der Waals surface area contributed by atoms with E-state index in [0.717, 1.165) is 10.6 Å². The summed E-state index contributed by atoms with van der Waals surface area (Å²) in [5.74, 6) is -1.33. The lowest BCUT2D eigenvalue weighted by atomic mass is 9.83. The average molecular weight is 381 g/mol. The Kier molecular flexibility index (Phi) is 3.88. The van der Waals surface area contributed by atoms with Gasteiger partial charge >= 0.3 is 0 Å². The topological polar surface area (TPSA) is 76.8 Å². The van der Waals surface area contributed by atoms with Crippen molar-refractivity contribution in [1.29, 1.82) is 10.5 Å². The zero-order valence-electron chi connectivity index (χ0n) is 13.2. The van der Waals surface area contributed by atoms with Crippen molar-refractivity contribution in [3.8, 4) is 12.1 Å². The molecule has 2 N–H and O–H groups in total. The van der Waals surface area contributed by atoms with Crippen molar-refractivity contribution in [2.75, 3.05) is 4.90 Å². The van der Waals surface area contributed by atoms with E-state index in [1.165, 1.54) is 30.0 Å². The number of fused-ring (bicyclic) bond motifs is 3. The highest BCUT2D eigenvalue weighted by Crippen LogP contribution is 2.54. The molecular weight excluding hydrogens is 371 g/mol. The first-order valence-corrected chi connectivity index (χ1v) is 8.82. The minimum absolute atomic E-state index is 0.0916. The third-order valence-electron chi connectivity index (χ3n) is 4.37. The van der Waals surface area contributed by atoms with Crippen LogP contribution in [-0.4, -0.2) is 0 Å². The van der Waals surface area contributed by atoms with E-state index in [0.29, 0.717) is 5.03 Å². The lowest BCUT2D eigenvalue weighted by Crippen LogP contribution is -2.32. The molecule has 26 heavy (non-hydrogen) atoms. The van der Waals surface area contributed by atoms with E-state index in [1.54, 1.807) is 4.90 Å². The number of halogens is 2. The number of nitrogens with two attached hydrogens (primary N) is 1. The molecule has 0 spiro atoms. The van der Waals surface area contributed by atoms with Gasteiger partial charge < -0.3 is 5.73 Å². The Morgan fingerprint density at radius 2 is 1.81 bits per heavy atom. The van der Waals surface area contributed by atoms with Crippen LogP contribution in [0.25, 0.3) is 0 Å². The minimum Gasteiger partial charge on any atom is -0.384 e. The van der Waals surface area contributed by atoms with Crippen LogP contribution in [-0.2, 0) is 0 Å². The molecule has 2 aromatic rings. The second kappa shape index (κ2) is 6.10. The average Bonchev–Trinajstić information content (AvgIpc) is 3.01. The van der Waals surface area contributed by atoms with Crippen molar-refractivity contribution in [3.05, 3.63) is 80.9 Å². The minimum atomic E-state index is -0.938. The van der Waals surface area contributed by atoms with Crippen LogP contribution in [0.3, 0.4) is 0 Å². The van der Waals surface area contributed by atoms with Gasteiger partial charge in [-0.25, -0.2) is 4.39 Å². The molecule has 4 nitrogen and oxygen atoms in total. The van der Waals surface area contributed by atoms with Crippen LogP contribution >= 0.6 is 23.4 Å². The van der Waals surface area contributed by atoms with Crippen molar-refractivity contribution in [3.63, 3.8) is 0 Å². The number of hydrogen-bond acceptors (Lipinski definition) is 5. The zero-order chi connectivity index (χ0) is 18.4. The molecule has 2 aliphatic heterocycles. The van der Waals surface area contributed by atoms with Crippen LogP contribution in [0.4, 0.5) is 10.1 Å². The largest absolute Gasteiger partial charge is 0.384 e. The summed E-state index contributed by atoms with van der Waals surface area (Å²) in [7, 11) is 0. The number of thioether (sulfide) groups is 1. The zero-order valence-corrected chi connectivity index (χ0v) is 14.8. The van der Waals surface area contributed by atoms with Gasteiger partial charge in [0.25, 0.3) is 0 Å². The lowest BCUT2D eigenvalue weighted by molar-refractivity contribution is 0.605. The van der Waals surface area contributed by atoms with Crippen molar-refractivity contribution >= 4 is 29.1 Å². The second-order valence-electron chi connectivity index (χ2n) is 5.71. The van der Waals surface area contributed by atoms with Crippen molar-refractivity contribution < 1.29 is 4.39 Å². The Balaban J connectivity index is 2.03. The number of allylic oxidation sites excluding steroid dienone is 2. The summed E-state index contributed by atoms with van der Waals surface area (Å²) >= 11 is 7.60. The Morgan fingerprint density at radius 1 is 1.08 bits per heavy atom. The summed E-state index contributed by atoms with van der Waals surface area (Å²) in [6.45, 7) is 0. The fraction of sp³-hybridized carbons (Fsp3) is 0.0526. The number of nitriles is 2. The maximum absolute atomic E-state index is 14.6. The molecular formula is C19H10ClFN4S. The molecule has 2 aliphatic rings. The fourth-order valence-electron chi connectivity index (χ4n) is 3.25. The summed E-state index contributed by atoms with van der Waals surface area (Å²) in [5, 5.41) is 20.3. The predicted octanol–water partition coefficient (Wildman–Crippen LogP) is 4.62. The molecule has 4 rings (SSSR count). The van der Waals surface area contributed by atoms with Crippen LogP contribution in [0.2, 0.25) is 5.02 Å². The predicted molar refractivity (Wildman–Crippen MR) is 98.4 cm³/mol. The fourth-order valence-corrected chi connectivity index (χ4v) is 4.70. The van der Waals surface area contributed by atoms with Gasteiger partial charge in [-0.1, -0.05) is 41.6 Å². The Bertz CT molecular complexity index is 1070. The normalized spacial score (nSPS) is 18.3. The molecule has 0 amide bonds. The monoisotopic (exact) mass is 380 g/mol. The van der Waals surface area contributed by atoms with Crippen molar-refractivity contribution in [2.45, 2.75) is 10.8 Å². The molecule has 7 heteroatoms. The van der Waals surface area contributed by atoms with E-state index in [-0.39, 0.29) is 27.6 Å². The SMILES string of the molecule is N#CC1=C(N)N2C(=C(C#N)C1c1c(F)cccc1Cl)Sc1ccccc12. The van der Waals surface area contributed by atoms with Gasteiger partial charge in [0.15, 0.2) is 0 Å². The van der Waals surface area contributed by atoms with E-state index in [4.69, 9.17) is 17.3 Å². The Labute approximate surface area is 158 Å². The van der Waals surface area contributed by atoms with Crippen molar-refractivity contribution in [2.24, 2.45) is 5.73 Å². The molecule has 2 aromatic carbocycles. The van der Waals surface area contributed by atoms with Gasteiger partial charge in [0.1, 0.15) is 16.7 Å². The molecule has 0 bridgehead atoms. The van der Waals surface area contributed by atoms with Gasteiger partial charge in [-0.15, -0.1) is 0 Å². The van der Waals surface area contributed by atoms with Crippen molar-refractivity contribution in [1.82, 2.24) is 0 Å². The van der Waals surface area contributed by atoms with Gasteiger partial charge in [0.2, 0.25) is 0 Å². The number of nitrogens with zero attached hydrogens (tertiary/aromatic N) is 3. The molecule has 1 atom stereocenters. The quantitative estimate of drug-likeness (QED) is 0.781. The van der Waals surface area contributed by atoms with Crippen LogP contribution in [0.1, 0.15) is 11.5 Å². The molecule has 0 saturated heterocycles. The van der Waals surface area contributed by atoms with Gasteiger partial charge in [-0.05, 0) is 24.3 Å². The van der Waals surface area contributed by atoms with E-state index in [1.807, 2.05) is 24.3 Å². The number of para-hydroxylation sites is 1. The van der Waals surface area contributed by atoms with Gasteiger partial charge in [0.05, 0.1) is 34.9 Å². The molecule has 0 fully saturated rings. The van der Waals surface area contributed by atoms with E-state index in [9.17, 15) is 14.9 Å². The molecule has 0 aliphatic carbocycles. The number of benzene rings is 2. The van der Waals surface area contributed by atoms with E-state index in [2.05, 4.69) is 12.1 Å². The van der Waals surface area contributed by atoms with Gasteiger partial charge in [-0.2, -0.15) is 10.5 Å². The molecule has 0 radical (unpaired) electrons. The first-order valence-electron chi connectivity index (χ1n) is 7.63. The Morgan fingerprint density at radius 3 is 2.50 bits per heavy atom. The summed E-state index contributed by atoms with van der Waals surface area (Å²) in [4.78, 5) is 2.60. The number of rotatable bonds is 1. The van der Waals surface area contributed by atoms with E-state index >= 15 is 0 Å². The highest BCUT2D eigenvalue weighted by atomic mass is 35.5. The standard InChI is InChI=1S/C19H10ClFN4S/c20-12-4-3-5-13(21)17(12)16-10(8-22)18(24)25-14-6-1-2-7-15(14)26-19(25)11(16)9-23/h1-7,16H,24H2. The summed E-state index contributed by atoms with van der Waals surface area (Å²) in [6, 6.07) is 16.0. The van der Waals surface area contributed by atoms with Crippen LogP contribution in [0, 0.1) is 28.5 Å². The van der Waals surface area contributed by atoms with Gasteiger partial charge in [-0.3, -0.25) is 4.90 Å². The maximum Gasteiger partial charge on any atom is 0.128 e. The third kappa shape index (κ3) is 2.20. The van der Waals surface area contributed by atoms with E-state index < -0.39 is 11.7 Å². The van der Waals surface area contributed by atoms with Crippen LogP contribution in [0.5, 0.6) is 0 Å². The molecule has 0 aromatic heterocycles. The van der Waals surface area contributed by atoms with Crippen LogP contribution in [0.15, 0.2) is 69.4 Å². The first kappa shape index (κ1) is 16.5. The summed E-state index contributed by atoms with van der Waals surface area (Å²) < 4.78 is 14.6. The highest BCUT2D eigenvalue weighted by molar-refractivity contribution is 8.03. The summed E-state index contributed by atoms with van der Waals surface area (Å²) in [6.07, 6.45) is 0. The smallest absolute Gasteiger partial charge is 0.128 e. The number of hydrogen-bond donors (Lipinski definition) is 1. The maximum atomic E-state index is 14.6. The van der Waals surface area contributed by atoms with Crippen LogP contribution < -0.4 is 10.6 Å². The lowest BCUT2D eigenvalue weighted by Gasteiger charge is -2.32. The third-order valence-corrected chi connectivity index (χ3v) is 5.86. The first-order chi connectivity index (χ1) is 12.6. The molecule has 126 valence electrons. The Hall–Kier alpha value is -2.93. The number of anilines is 1. The highest BCUT2D eigenvalue weighted by Gasteiger charge is 2.42. The van der Waals surface area contributed by atoms with Gasteiger partial charge in [0, 0.05) is 15.5 Å². The molecule has 2 heterocycles. The second-order valence-corrected chi connectivity index (χ2v) is 7.15.